The molecule has 1 aromatic heterocycles. The minimum Gasteiger partial charge on any atom is -0.308 e. The molecule has 0 fully saturated rings. The quantitative estimate of drug-likeness (QED) is 0.832. The van der Waals surface area contributed by atoms with E-state index in [9.17, 15) is 0 Å². The lowest BCUT2D eigenvalue weighted by Gasteiger charge is -2.12. The van der Waals surface area contributed by atoms with Crippen LogP contribution in [0.15, 0.2) is 30.3 Å². The smallest absolute Gasteiger partial charge is 0.134 e. The van der Waals surface area contributed by atoms with Crippen LogP contribution in [0.3, 0.4) is 0 Å². The number of aromatic nitrogens is 2. The predicted molar refractivity (Wildman–Crippen MR) is 85.2 cm³/mol. The van der Waals surface area contributed by atoms with Crippen molar-refractivity contribution < 1.29 is 0 Å². The molecular formula is C16H23N3S. The first-order valence-electron chi connectivity index (χ1n) is 7.41. The molecule has 1 aromatic carbocycles. The largest absolute Gasteiger partial charge is 0.308 e. The zero-order valence-corrected chi connectivity index (χ0v) is 13.3. The topological polar surface area (TPSA) is 37.8 Å². The molecule has 1 N–H and O–H groups in total. The summed E-state index contributed by atoms with van der Waals surface area (Å²) >= 11 is 1.75. The summed E-state index contributed by atoms with van der Waals surface area (Å²) in [5, 5.41) is 14.6. The van der Waals surface area contributed by atoms with Gasteiger partial charge >= 0.3 is 0 Å². The molecular weight excluding hydrogens is 266 g/mol. The lowest BCUT2D eigenvalue weighted by Crippen LogP contribution is -2.19. The van der Waals surface area contributed by atoms with Crippen molar-refractivity contribution in [3.63, 3.8) is 0 Å². The molecule has 0 aliphatic rings. The van der Waals surface area contributed by atoms with Crippen molar-refractivity contribution in [1.29, 1.82) is 0 Å². The maximum atomic E-state index is 4.44. The molecule has 2 rings (SSSR count). The number of rotatable bonds is 7. The van der Waals surface area contributed by atoms with E-state index in [1.165, 1.54) is 5.56 Å². The molecule has 0 aliphatic heterocycles. The Bertz CT molecular complexity index is 509. The summed E-state index contributed by atoms with van der Waals surface area (Å²) < 4.78 is 0. The van der Waals surface area contributed by atoms with Crippen LogP contribution in [0.4, 0.5) is 0 Å². The van der Waals surface area contributed by atoms with Crippen LogP contribution in [0, 0.1) is 0 Å². The number of nitrogens with zero attached hydrogens (tertiary/aromatic N) is 2. The molecule has 4 heteroatoms. The van der Waals surface area contributed by atoms with Gasteiger partial charge in [-0.1, -0.05) is 62.4 Å². The van der Waals surface area contributed by atoms with Gasteiger partial charge in [0.15, 0.2) is 0 Å². The third kappa shape index (κ3) is 3.44. The van der Waals surface area contributed by atoms with Gasteiger partial charge in [-0.05, 0) is 24.9 Å². The average Bonchev–Trinajstić information content (AvgIpc) is 2.96. The summed E-state index contributed by atoms with van der Waals surface area (Å²) in [6.07, 6.45) is 2.10. The molecule has 108 valence electrons. The van der Waals surface area contributed by atoms with Gasteiger partial charge in [-0.15, -0.1) is 10.2 Å². The van der Waals surface area contributed by atoms with E-state index >= 15 is 0 Å². The first kappa shape index (κ1) is 15.1. The van der Waals surface area contributed by atoms with Crippen molar-refractivity contribution in [3.05, 3.63) is 45.9 Å². The number of hydrogen-bond donors (Lipinski definition) is 1. The van der Waals surface area contributed by atoms with E-state index in [0.29, 0.717) is 12.0 Å². The second-order valence-electron chi connectivity index (χ2n) is 4.87. The normalized spacial score (nSPS) is 14.2. The Labute approximate surface area is 125 Å². The van der Waals surface area contributed by atoms with Gasteiger partial charge in [0.25, 0.3) is 0 Å². The summed E-state index contributed by atoms with van der Waals surface area (Å²) in [7, 11) is 0. The van der Waals surface area contributed by atoms with Gasteiger partial charge in [0.05, 0.1) is 6.04 Å². The van der Waals surface area contributed by atoms with E-state index in [1.807, 2.05) is 0 Å². The van der Waals surface area contributed by atoms with Crippen LogP contribution in [0.25, 0.3) is 0 Å². The summed E-state index contributed by atoms with van der Waals surface area (Å²) in [6, 6.07) is 10.9. The minimum absolute atomic E-state index is 0.333. The third-order valence-electron chi connectivity index (χ3n) is 3.52. The van der Waals surface area contributed by atoms with Crippen LogP contribution in [0.5, 0.6) is 0 Å². The van der Waals surface area contributed by atoms with E-state index < -0.39 is 0 Å². The molecule has 2 atom stereocenters. The second kappa shape index (κ2) is 7.50. The van der Waals surface area contributed by atoms with Gasteiger partial charge in [0.1, 0.15) is 10.0 Å². The zero-order chi connectivity index (χ0) is 14.4. The van der Waals surface area contributed by atoms with Crippen LogP contribution < -0.4 is 5.32 Å². The fourth-order valence-corrected chi connectivity index (χ4v) is 3.63. The van der Waals surface area contributed by atoms with Gasteiger partial charge in [0, 0.05) is 5.92 Å². The van der Waals surface area contributed by atoms with Crippen LogP contribution in [0.2, 0.25) is 0 Å². The van der Waals surface area contributed by atoms with Crippen LogP contribution in [-0.2, 0) is 0 Å². The fraction of sp³-hybridized carbons (Fsp3) is 0.500. The highest BCUT2D eigenvalue weighted by molar-refractivity contribution is 7.11. The van der Waals surface area contributed by atoms with E-state index in [-0.39, 0.29) is 0 Å². The zero-order valence-electron chi connectivity index (χ0n) is 12.5. The minimum atomic E-state index is 0.333. The summed E-state index contributed by atoms with van der Waals surface area (Å²) in [6.45, 7) is 7.48. The highest BCUT2D eigenvalue weighted by atomic mass is 32.1. The Kier molecular flexibility index (Phi) is 5.68. The van der Waals surface area contributed by atoms with Gasteiger partial charge in [-0.2, -0.15) is 0 Å². The summed E-state index contributed by atoms with van der Waals surface area (Å²) in [4.78, 5) is 0. The number of benzene rings is 1. The van der Waals surface area contributed by atoms with Gasteiger partial charge < -0.3 is 5.32 Å². The predicted octanol–water partition coefficient (Wildman–Crippen LogP) is 4.14. The van der Waals surface area contributed by atoms with Crippen molar-refractivity contribution in [1.82, 2.24) is 15.5 Å². The molecule has 3 nitrogen and oxygen atoms in total. The van der Waals surface area contributed by atoms with Crippen LogP contribution in [-0.4, -0.2) is 16.7 Å². The third-order valence-corrected chi connectivity index (χ3v) is 4.67. The van der Waals surface area contributed by atoms with E-state index in [2.05, 4.69) is 66.6 Å². The van der Waals surface area contributed by atoms with Crippen molar-refractivity contribution in [2.45, 2.75) is 45.6 Å². The van der Waals surface area contributed by atoms with Crippen molar-refractivity contribution >= 4 is 11.3 Å². The molecule has 0 spiro atoms. The van der Waals surface area contributed by atoms with Gasteiger partial charge in [0.2, 0.25) is 0 Å². The van der Waals surface area contributed by atoms with Gasteiger partial charge in [-0.3, -0.25) is 0 Å². The number of nitrogens with one attached hydrogen (secondary N) is 1. The molecule has 0 aliphatic carbocycles. The highest BCUT2D eigenvalue weighted by Gasteiger charge is 2.20. The Morgan fingerprint density at radius 3 is 2.30 bits per heavy atom. The maximum absolute atomic E-state index is 4.44. The Morgan fingerprint density at radius 2 is 1.70 bits per heavy atom. The highest BCUT2D eigenvalue weighted by Crippen LogP contribution is 2.32. The Hall–Kier alpha value is -1.26. The van der Waals surface area contributed by atoms with E-state index in [0.717, 1.165) is 29.4 Å². The van der Waals surface area contributed by atoms with Crippen molar-refractivity contribution in [2.75, 3.05) is 6.54 Å². The summed E-state index contributed by atoms with van der Waals surface area (Å²) in [5.41, 5.74) is 1.33. The molecule has 2 unspecified atom stereocenters. The standard InChI is InChI=1S/C16H23N3S/c1-4-13(12-10-8-7-9-11-12)15-18-19-16(20-15)14(5-2)17-6-3/h7-11,13-14,17H,4-6H2,1-3H3. The van der Waals surface area contributed by atoms with E-state index in [4.69, 9.17) is 0 Å². The molecule has 0 saturated carbocycles. The van der Waals surface area contributed by atoms with E-state index in [1.54, 1.807) is 11.3 Å². The molecule has 0 amide bonds. The lowest BCUT2D eigenvalue weighted by molar-refractivity contribution is 0.530. The summed E-state index contributed by atoms with van der Waals surface area (Å²) in [5.74, 6) is 0.363. The fourth-order valence-electron chi connectivity index (χ4n) is 2.42. The molecule has 0 bridgehead atoms. The number of hydrogen-bond acceptors (Lipinski definition) is 4. The first-order valence-corrected chi connectivity index (χ1v) is 8.23. The Balaban J connectivity index is 2.22. The van der Waals surface area contributed by atoms with Crippen molar-refractivity contribution in [3.8, 4) is 0 Å². The van der Waals surface area contributed by atoms with Crippen LogP contribution >= 0.6 is 11.3 Å². The Morgan fingerprint density at radius 1 is 1.00 bits per heavy atom. The second-order valence-corrected chi connectivity index (χ2v) is 5.91. The molecule has 0 saturated heterocycles. The average molecular weight is 289 g/mol. The molecule has 0 radical (unpaired) electrons. The van der Waals surface area contributed by atoms with Gasteiger partial charge in [-0.25, -0.2) is 0 Å². The van der Waals surface area contributed by atoms with Crippen LogP contribution in [0.1, 0.15) is 61.2 Å². The molecule has 20 heavy (non-hydrogen) atoms. The SMILES string of the molecule is CCNC(CC)c1nnc(C(CC)c2ccccc2)s1. The monoisotopic (exact) mass is 289 g/mol. The van der Waals surface area contributed by atoms with Crippen molar-refractivity contribution in [2.24, 2.45) is 0 Å². The maximum Gasteiger partial charge on any atom is 0.134 e. The molecule has 1 heterocycles. The first-order chi connectivity index (χ1) is 9.80. The lowest BCUT2D eigenvalue weighted by atomic mass is 9.97. The molecule has 2 aromatic rings.